The third kappa shape index (κ3) is 7.34. The van der Waals surface area contributed by atoms with E-state index in [1.807, 2.05) is 48.8 Å². The van der Waals surface area contributed by atoms with Crippen LogP contribution in [0.5, 0.6) is 0 Å². The maximum atomic E-state index is 4.84. The van der Waals surface area contributed by atoms with Crippen LogP contribution in [0.2, 0.25) is 0 Å². The molecular formula is C44H32Br2Ir2N2-2. The maximum Gasteiger partial charge on any atom is 0.0239 e. The van der Waals surface area contributed by atoms with E-state index < -0.39 is 0 Å². The van der Waals surface area contributed by atoms with Crippen LogP contribution < -0.4 is 0 Å². The summed E-state index contributed by atoms with van der Waals surface area (Å²) < 4.78 is 2.03. The molecule has 0 atom stereocenters. The van der Waals surface area contributed by atoms with Crippen molar-refractivity contribution >= 4 is 31.9 Å². The fourth-order valence-corrected chi connectivity index (χ4v) is 7.57. The molecule has 0 amide bonds. The minimum Gasteiger partial charge on any atom is -0.305 e. The first-order valence-corrected chi connectivity index (χ1v) is 17.5. The van der Waals surface area contributed by atoms with Crippen molar-refractivity contribution in [3.8, 4) is 67.0 Å². The Balaban J connectivity index is 0.00000243. The first-order valence-electron chi connectivity index (χ1n) is 15.9. The second-order valence-electron chi connectivity index (χ2n) is 12.0. The zero-order valence-corrected chi connectivity index (χ0v) is 35.8. The number of nitrogens with zero attached hydrogens (tertiary/aromatic N) is 2. The van der Waals surface area contributed by atoms with Crippen molar-refractivity contribution in [2.75, 3.05) is 0 Å². The van der Waals surface area contributed by atoms with E-state index in [1.54, 1.807) is 0 Å². The topological polar surface area (TPSA) is 25.8 Å². The van der Waals surface area contributed by atoms with Crippen LogP contribution >= 0.6 is 31.9 Å². The van der Waals surface area contributed by atoms with E-state index in [0.717, 1.165) is 42.6 Å². The molecule has 0 aliphatic rings. The van der Waals surface area contributed by atoms with Crippen molar-refractivity contribution in [3.63, 3.8) is 0 Å². The summed E-state index contributed by atoms with van der Waals surface area (Å²) in [5, 5.41) is 0. The number of pyridine rings is 2. The molecule has 7 aromatic rings. The second-order valence-corrected chi connectivity index (χ2v) is 13.8. The molecule has 7 rings (SSSR count). The summed E-state index contributed by atoms with van der Waals surface area (Å²) in [5.41, 5.74) is 18.3. The van der Waals surface area contributed by atoms with Gasteiger partial charge in [0.05, 0.1) is 0 Å². The first-order chi connectivity index (χ1) is 23.3. The van der Waals surface area contributed by atoms with Crippen LogP contribution in [-0.4, -0.2) is 9.97 Å². The zero-order valence-electron chi connectivity index (χ0n) is 27.9. The molecule has 0 unspecified atom stereocenters. The Labute approximate surface area is 338 Å². The van der Waals surface area contributed by atoms with Crippen LogP contribution in [0, 0.1) is 39.8 Å². The van der Waals surface area contributed by atoms with Crippen LogP contribution in [0.15, 0.2) is 131 Å². The standard InChI is InChI=1S/C44H32Br2N2.2Ir/c1-27-29(3)44(39-17-8-6-15-36(39)37-21-19-32(25-40(37)46)41-18-9-10-23-47-41)30(4)28(2)43(27)38-16-7-5-14-35(38)33-20-22-42(48-26-33)31-12-11-13-34(45)24-31;;/h5-11,13-18,20-26H,1-4H3;;/q-2;;. The fraction of sp³-hybridized carbons (Fsp3) is 0.0909. The Morgan fingerprint density at radius 1 is 0.520 bits per heavy atom. The van der Waals surface area contributed by atoms with Gasteiger partial charge in [-0.3, -0.25) is 0 Å². The van der Waals surface area contributed by atoms with Gasteiger partial charge >= 0.3 is 0 Å². The molecule has 2 nitrogen and oxygen atoms in total. The van der Waals surface area contributed by atoms with Gasteiger partial charge in [-0.05, 0) is 101 Å². The molecule has 2 radical (unpaired) electrons. The van der Waals surface area contributed by atoms with Crippen LogP contribution in [-0.2, 0) is 40.2 Å². The molecule has 0 spiro atoms. The molecule has 50 heavy (non-hydrogen) atoms. The van der Waals surface area contributed by atoms with Gasteiger partial charge in [-0.25, -0.2) is 0 Å². The third-order valence-corrected chi connectivity index (χ3v) is 10.4. The Kier molecular flexibility index (Phi) is 12.4. The minimum atomic E-state index is 0. The first kappa shape index (κ1) is 37.9. The smallest absolute Gasteiger partial charge is 0.0239 e. The van der Waals surface area contributed by atoms with Gasteiger partial charge in [0.2, 0.25) is 0 Å². The van der Waals surface area contributed by atoms with Gasteiger partial charge in [0.25, 0.3) is 0 Å². The third-order valence-electron chi connectivity index (χ3n) is 9.26. The Morgan fingerprint density at radius 2 is 1.08 bits per heavy atom. The molecule has 0 aliphatic carbocycles. The molecule has 0 saturated carbocycles. The summed E-state index contributed by atoms with van der Waals surface area (Å²) in [6, 6.07) is 44.5. The van der Waals surface area contributed by atoms with Crippen molar-refractivity contribution in [2.45, 2.75) is 27.7 Å². The number of hydrogen-bond acceptors (Lipinski definition) is 2. The summed E-state index contributed by atoms with van der Waals surface area (Å²) >= 11 is 7.46. The second kappa shape index (κ2) is 16.3. The molecule has 6 heteroatoms. The van der Waals surface area contributed by atoms with E-state index in [4.69, 9.17) is 4.98 Å². The summed E-state index contributed by atoms with van der Waals surface area (Å²) in [7, 11) is 0. The van der Waals surface area contributed by atoms with Crippen LogP contribution in [0.25, 0.3) is 67.0 Å². The Morgan fingerprint density at radius 3 is 1.64 bits per heavy atom. The number of halogens is 2. The molecule has 0 bridgehead atoms. The summed E-state index contributed by atoms with van der Waals surface area (Å²) in [6.07, 6.45) is 3.79. The summed E-state index contributed by atoms with van der Waals surface area (Å²) in [5.74, 6) is 0. The predicted molar refractivity (Wildman–Crippen MR) is 207 cm³/mol. The van der Waals surface area contributed by atoms with Gasteiger partial charge in [-0.15, -0.1) is 53.6 Å². The van der Waals surface area contributed by atoms with Crippen LogP contribution in [0.4, 0.5) is 0 Å². The number of aromatic nitrogens is 2. The SMILES string of the molecule is Cc1c(C)c(-c2ccccc2-c2c[c-]c(-c3ccccn3)cc2Br)c(C)c(C)c1-c1ccccc1-c1ccc(-c2[c-]ccc(Br)c2)nc1.[Ir].[Ir]. The van der Waals surface area contributed by atoms with E-state index in [1.165, 1.54) is 55.6 Å². The van der Waals surface area contributed by atoms with Crippen LogP contribution in [0.3, 0.4) is 0 Å². The Hall–Kier alpha value is -3.34. The molecule has 2 heterocycles. The zero-order chi connectivity index (χ0) is 33.4. The van der Waals surface area contributed by atoms with E-state index in [-0.39, 0.29) is 40.2 Å². The van der Waals surface area contributed by atoms with Crippen molar-refractivity contribution in [2.24, 2.45) is 0 Å². The fourth-order valence-electron chi connectivity index (χ4n) is 6.65. The summed E-state index contributed by atoms with van der Waals surface area (Å²) in [6.45, 7) is 9.04. The van der Waals surface area contributed by atoms with E-state index in [2.05, 4.69) is 149 Å². The van der Waals surface area contributed by atoms with Crippen molar-refractivity contribution < 1.29 is 40.2 Å². The molecule has 0 fully saturated rings. The van der Waals surface area contributed by atoms with E-state index in [9.17, 15) is 0 Å². The van der Waals surface area contributed by atoms with Crippen molar-refractivity contribution in [3.05, 3.63) is 165 Å². The average molecular weight is 1130 g/mol. The quantitative estimate of drug-likeness (QED) is 0.155. The van der Waals surface area contributed by atoms with E-state index >= 15 is 0 Å². The molecule has 0 aliphatic heterocycles. The van der Waals surface area contributed by atoms with Gasteiger partial charge in [0.1, 0.15) is 0 Å². The van der Waals surface area contributed by atoms with Gasteiger partial charge in [0, 0.05) is 52.6 Å². The normalized spacial score (nSPS) is 10.7. The van der Waals surface area contributed by atoms with Crippen LogP contribution in [0.1, 0.15) is 22.3 Å². The summed E-state index contributed by atoms with van der Waals surface area (Å²) in [4.78, 5) is 9.36. The van der Waals surface area contributed by atoms with Crippen molar-refractivity contribution in [1.82, 2.24) is 9.97 Å². The van der Waals surface area contributed by atoms with Crippen molar-refractivity contribution in [1.29, 1.82) is 0 Å². The monoisotopic (exact) mass is 1130 g/mol. The van der Waals surface area contributed by atoms with E-state index in [0.29, 0.717) is 0 Å². The number of hydrogen-bond donors (Lipinski definition) is 0. The number of rotatable bonds is 6. The number of benzene rings is 5. The molecule has 0 saturated heterocycles. The predicted octanol–water partition coefficient (Wildman–Crippen LogP) is 12.8. The van der Waals surface area contributed by atoms with Gasteiger partial charge in [-0.2, -0.15) is 0 Å². The molecule has 0 N–H and O–H groups in total. The van der Waals surface area contributed by atoms with Gasteiger partial charge in [-0.1, -0.05) is 125 Å². The molecule has 5 aromatic carbocycles. The molecule has 2 aromatic heterocycles. The molecular weight excluding hydrogens is 1100 g/mol. The molecule has 252 valence electrons. The maximum absolute atomic E-state index is 4.84. The van der Waals surface area contributed by atoms with Gasteiger partial charge < -0.3 is 9.97 Å². The average Bonchev–Trinajstić information content (AvgIpc) is 3.12. The van der Waals surface area contributed by atoms with Gasteiger partial charge in [0.15, 0.2) is 0 Å². The Bertz CT molecular complexity index is 2270. The minimum absolute atomic E-state index is 0. The largest absolute Gasteiger partial charge is 0.305 e.